The van der Waals surface area contributed by atoms with Gasteiger partial charge >= 0.3 is 6.03 Å². The Hall–Kier alpha value is -1.89. The first-order chi connectivity index (χ1) is 10.5. The Balaban J connectivity index is 1.67. The van der Waals surface area contributed by atoms with Crippen molar-refractivity contribution in [3.63, 3.8) is 0 Å². The predicted molar refractivity (Wildman–Crippen MR) is 82.6 cm³/mol. The van der Waals surface area contributed by atoms with Gasteiger partial charge in [-0.2, -0.15) is 5.10 Å². The lowest BCUT2D eigenvalue weighted by Gasteiger charge is -2.32. The van der Waals surface area contributed by atoms with Gasteiger partial charge in [0.05, 0.1) is 24.9 Å². The van der Waals surface area contributed by atoms with Crippen LogP contribution in [-0.2, 0) is 17.7 Å². The van der Waals surface area contributed by atoms with Crippen LogP contribution >= 0.6 is 0 Å². The number of rotatable bonds is 2. The summed E-state index contributed by atoms with van der Waals surface area (Å²) in [4.78, 5) is 14.3. The molecule has 7 heteroatoms. The Morgan fingerprint density at radius 2 is 2.27 bits per heavy atom. The molecule has 2 aliphatic heterocycles. The minimum atomic E-state index is -0.0305. The molecule has 22 heavy (non-hydrogen) atoms. The highest BCUT2D eigenvalue weighted by atomic mass is 16.5. The number of urea groups is 1. The molecule has 120 valence electrons. The monoisotopic (exact) mass is 305 g/mol. The van der Waals surface area contributed by atoms with E-state index in [0.29, 0.717) is 26.3 Å². The van der Waals surface area contributed by atoms with E-state index in [4.69, 9.17) is 4.74 Å². The summed E-state index contributed by atoms with van der Waals surface area (Å²) in [5, 5.41) is 14.4. The smallest absolute Gasteiger partial charge is 0.318 e. The van der Waals surface area contributed by atoms with Crippen LogP contribution in [-0.4, -0.2) is 54.0 Å². The fourth-order valence-electron chi connectivity index (χ4n) is 2.87. The van der Waals surface area contributed by atoms with Crippen molar-refractivity contribution in [2.75, 3.05) is 32.1 Å². The van der Waals surface area contributed by atoms with E-state index in [-0.39, 0.29) is 17.5 Å². The van der Waals surface area contributed by atoms with Crippen LogP contribution < -0.4 is 10.6 Å². The second-order valence-electron chi connectivity index (χ2n) is 6.63. The lowest BCUT2D eigenvalue weighted by Crippen LogP contribution is -2.51. The Morgan fingerprint density at radius 3 is 2.95 bits per heavy atom. The van der Waals surface area contributed by atoms with Gasteiger partial charge in [-0.1, -0.05) is 13.8 Å². The summed E-state index contributed by atoms with van der Waals surface area (Å²) in [5.74, 6) is 0.728. The molecule has 2 amide bonds. The zero-order valence-corrected chi connectivity index (χ0v) is 13.3. The molecule has 0 radical (unpaired) electrons. The number of hydrogen-bond donors (Lipinski definition) is 2. The molecule has 2 N–H and O–H groups in total. The zero-order chi connectivity index (χ0) is 15.7. The van der Waals surface area contributed by atoms with Crippen molar-refractivity contribution in [1.82, 2.24) is 20.4 Å². The second kappa shape index (κ2) is 5.72. The fraction of sp³-hybridized carbons (Fsp3) is 0.667. The molecular weight excluding hydrogens is 282 g/mol. The Morgan fingerprint density at radius 1 is 1.45 bits per heavy atom. The summed E-state index contributed by atoms with van der Waals surface area (Å²) in [6.07, 6.45) is 0.740. The van der Waals surface area contributed by atoms with Crippen molar-refractivity contribution in [1.29, 1.82) is 0 Å². The lowest BCUT2D eigenvalue weighted by molar-refractivity contribution is 0.166. The number of fused-ring (bicyclic) bond motifs is 1. The number of ether oxygens (including phenoxy) is 1. The first kappa shape index (κ1) is 15.0. The summed E-state index contributed by atoms with van der Waals surface area (Å²) >= 11 is 0. The Kier molecular flexibility index (Phi) is 3.90. The Labute approximate surface area is 130 Å². The van der Waals surface area contributed by atoms with E-state index >= 15 is 0 Å². The van der Waals surface area contributed by atoms with Gasteiger partial charge in [0.15, 0.2) is 0 Å². The normalized spacial score (nSPS) is 23.0. The predicted octanol–water partition coefficient (Wildman–Crippen LogP) is 1.01. The number of nitrogens with one attached hydrogen (secondary N) is 2. The van der Waals surface area contributed by atoms with Crippen molar-refractivity contribution < 1.29 is 9.53 Å². The van der Waals surface area contributed by atoms with Crippen LogP contribution in [0.1, 0.15) is 25.1 Å². The molecule has 0 aliphatic carbocycles. The number of carbonyl (C=O) groups is 1. The summed E-state index contributed by atoms with van der Waals surface area (Å²) in [6, 6.07) is 1.99. The third-order valence-electron chi connectivity index (χ3n) is 4.48. The highest BCUT2D eigenvalue weighted by Gasteiger charge is 2.37. The maximum absolute atomic E-state index is 12.5. The quantitative estimate of drug-likeness (QED) is 0.852. The molecule has 1 saturated heterocycles. The molecule has 7 nitrogen and oxygen atoms in total. The van der Waals surface area contributed by atoms with Gasteiger partial charge in [0.1, 0.15) is 5.82 Å². The molecule has 1 aromatic heterocycles. The van der Waals surface area contributed by atoms with Crippen LogP contribution in [0, 0.1) is 5.41 Å². The van der Waals surface area contributed by atoms with Crippen molar-refractivity contribution in [2.24, 2.45) is 5.41 Å². The second-order valence-corrected chi connectivity index (χ2v) is 6.63. The molecule has 1 aromatic rings. The van der Waals surface area contributed by atoms with E-state index in [1.807, 2.05) is 18.0 Å². The van der Waals surface area contributed by atoms with Crippen LogP contribution in [0.3, 0.4) is 0 Å². The summed E-state index contributed by atoms with van der Waals surface area (Å²) in [5.41, 5.74) is 2.02. The zero-order valence-electron chi connectivity index (χ0n) is 13.3. The van der Waals surface area contributed by atoms with Crippen molar-refractivity contribution in [2.45, 2.75) is 32.9 Å². The van der Waals surface area contributed by atoms with E-state index in [9.17, 15) is 4.79 Å². The minimum Gasteiger partial charge on any atom is -0.379 e. The van der Waals surface area contributed by atoms with Gasteiger partial charge in [-0.25, -0.2) is 4.79 Å². The molecule has 0 spiro atoms. The largest absolute Gasteiger partial charge is 0.379 e. The number of aromatic nitrogens is 2. The summed E-state index contributed by atoms with van der Waals surface area (Å²) in [7, 11) is 1.81. The highest BCUT2D eigenvalue weighted by Crippen LogP contribution is 2.27. The van der Waals surface area contributed by atoms with Crippen molar-refractivity contribution in [3.05, 3.63) is 17.3 Å². The molecule has 1 atom stereocenters. The number of anilines is 1. The molecule has 1 unspecified atom stereocenters. The van der Waals surface area contributed by atoms with Gasteiger partial charge in [-0.05, 0) is 11.6 Å². The summed E-state index contributed by atoms with van der Waals surface area (Å²) < 4.78 is 5.49. The summed E-state index contributed by atoms with van der Waals surface area (Å²) in [6.45, 7) is 6.73. The molecule has 1 fully saturated rings. The van der Waals surface area contributed by atoms with Gasteiger partial charge in [0.2, 0.25) is 0 Å². The molecule has 2 aliphatic rings. The average Bonchev–Trinajstić information content (AvgIpc) is 2.84. The number of nitrogens with zero attached hydrogens (tertiary/aromatic N) is 3. The van der Waals surface area contributed by atoms with E-state index in [2.05, 4.69) is 34.7 Å². The average molecular weight is 305 g/mol. The number of hydrogen-bond acceptors (Lipinski definition) is 5. The van der Waals surface area contributed by atoms with Gasteiger partial charge in [-0.15, -0.1) is 5.10 Å². The maximum atomic E-state index is 12.5. The molecule has 0 aromatic carbocycles. The van der Waals surface area contributed by atoms with Gasteiger partial charge in [0.25, 0.3) is 0 Å². The van der Waals surface area contributed by atoms with E-state index in [0.717, 1.165) is 23.5 Å². The fourth-order valence-corrected chi connectivity index (χ4v) is 2.87. The molecule has 0 saturated carbocycles. The van der Waals surface area contributed by atoms with Crippen LogP contribution in [0.2, 0.25) is 0 Å². The SMILES string of the molecule is CNc1cc2c(nn1)CCN(C(=O)NC1COCC1(C)C)C2. The Bertz CT molecular complexity index is 575. The van der Waals surface area contributed by atoms with Crippen LogP contribution in [0.5, 0.6) is 0 Å². The third-order valence-corrected chi connectivity index (χ3v) is 4.48. The van der Waals surface area contributed by atoms with Crippen LogP contribution in [0.4, 0.5) is 10.6 Å². The van der Waals surface area contributed by atoms with Crippen molar-refractivity contribution in [3.8, 4) is 0 Å². The first-order valence-electron chi connectivity index (χ1n) is 7.66. The van der Waals surface area contributed by atoms with Gasteiger partial charge < -0.3 is 20.3 Å². The standard InChI is InChI=1S/C15H23N5O2/c1-15(2)9-22-8-12(15)17-14(21)20-5-4-11-10(7-20)6-13(16-3)19-18-11/h6,12H,4-5,7-9H2,1-3H3,(H,16,19)(H,17,21). The van der Waals surface area contributed by atoms with Crippen LogP contribution in [0.15, 0.2) is 6.07 Å². The molecule has 3 rings (SSSR count). The molecular formula is C15H23N5O2. The van der Waals surface area contributed by atoms with Crippen LogP contribution in [0.25, 0.3) is 0 Å². The van der Waals surface area contributed by atoms with Gasteiger partial charge in [-0.3, -0.25) is 0 Å². The van der Waals surface area contributed by atoms with Crippen molar-refractivity contribution >= 4 is 11.8 Å². The number of carbonyl (C=O) groups excluding carboxylic acids is 1. The van der Waals surface area contributed by atoms with Gasteiger partial charge in [0, 0.05) is 32.0 Å². The van der Waals surface area contributed by atoms with E-state index in [1.165, 1.54) is 0 Å². The third kappa shape index (κ3) is 2.85. The topological polar surface area (TPSA) is 79.4 Å². The number of amides is 2. The highest BCUT2D eigenvalue weighted by molar-refractivity contribution is 5.75. The molecule has 3 heterocycles. The molecule has 0 bridgehead atoms. The lowest BCUT2D eigenvalue weighted by atomic mass is 9.88. The minimum absolute atomic E-state index is 0.0197. The maximum Gasteiger partial charge on any atom is 0.318 e. The van der Waals surface area contributed by atoms with E-state index in [1.54, 1.807) is 0 Å². The van der Waals surface area contributed by atoms with E-state index < -0.39 is 0 Å². The first-order valence-corrected chi connectivity index (χ1v) is 7.66.